The van der Waals surface area contributed by atoms with E-state index in [1.54, 1.807) is 7.11 Å². The van der Waals surface area contributed by atoms with E-state index in [-0.39, 0.29) is 6.10 Å². The van der Waals surface area contributed by atoms with E-state index in [1.807, 2.05) is 36.4 Å². The van der Waals surface area contributed by atoms with Gasteiger partial charge in [-0.2, -0.15) is 0 Å². The van der Waals surface area contributed by atoms with Crippen molar-refractivity contribution in [2.75, 3.05) is 26.8 Å². The largest absolute Gasteiger partial charge is 0.497 e. The Hall–Kier alpha value is -2.60. The number of amides is 2. The Morgan fingerprint density at radius 3 is 2.70 bits per heavy atom. The molecule has 1 saturated heterocycles. The number of carbonyl (C=O) groups excluding carboxylic acids is 2. The third kappa shape index (κ3) is 3.12. The number of nitrogens with zero attached hydrogens (tertiary/aromatic N) is 1. The molecule has 0 spiro atoms. The third-order valence-corrected chi connectivity index (χ3v) is 4.01. The van der Waals surface area contributed by atoms with Gasteiger partial charge in [0, 0.05) is 6.54 Å². The molecule has 0 saturated carbocycles. The van der Waals surface area contributed by atoms with Crippen molar-refractivity contribution < 1.29 is 19.1 Å². The van der Waals surface area contributed by atoms with Crippen LogP contribution >= 0.6 is 0 Å². The Balaban J connectivity index is 1.84. The van der Waals surface area contributed by atoms with Crippen molar-refractivity contribution in [3.05, 3.63) is 42.0 Å². The van der Waals surface area contributed by atoms with Crippen molar-refractivity contribution in [3.8, 4) is 5.75 Å². The lowest BCUT2D eigenvalue weighted by molar-refractivity contribution is -0.149. The van der Waals surface area contributed by atoms with Gasteiger partial charge in [0.05, 0.1) is 20.3 Å². The molecule has 1 aliphatic heterocycles. The van der Waals surface area contributed by atoms with Crippen LogP contribution in [0.1, 0.15) is 11.7 Å². The Labute approximate surface area is 133 Å². The van der Waals surface area contributed by atoms with Crippen LogP contribution in [0.3, 0.4) is 0 Å². The average Bonchev–Trinajstić information content (AvgIpc) is 2.60. The maximum atomic E-state index is 11.7. The highest BCUT2D eigenvalue weighted by Crippen LogP contribution is 2.27. The molecule has 23 heavy (non-hydrogen) atoms. The Bertz CT molecular complexity index is 759. The first-order valence-corrected chi connectivity index (χ1v) is 7.36. The summed E-state index contributed by atoms with van der Waals surface area (Å²) in [4.78, 5) is 24.2. The molecule has 1 heterocycles. The first-order valence-electron chi connectivity index (χ1n) is 7.36. The van der Waals surface area contributed by atoms with Crippen LogP contribution < -0.4 is 10.5 Å². The molecule has 2 aromatic carbocycles. The van der Waals surface area contributed by atoms with Crippen molar-refractivity contribution in [1.82, 2.24) is 4.90 Å². The maximum Gasteiger partial charge on any atom is 0.311 e. The monoisotopic (exact) mass is 314 g/mol. The third-order valence-electron chi connectivity index (χ3n) is 4.01. The molecule has 3 rings (SSSR count). The first kappa shape index (κ1) is 15.3. The summed E-state index contributed by atoms with van der Waals surface area (Å²) >= 11 is 0. The standard InChI is InChI=1S/C17H18N2O4/c1-22-14-5-4-11-8-13(3-2-12(11)9-14)15-10-19(6-7-23-15)17(21)16(18)20/h2-5,8-9,15H,6-7,10H2,1H3,(H2,18,20). The highest BCUT2D eigenvalue weighted by molar-refractivity contribution is 6.34. The molecule has 0 bridgehead atoms. The fourth-order valence-corrected chi connectivity index (χ4v) is 2.76. The fourth-order valence-electron chi connectivity index (χ4n) is 2.76. The SMILES string of the molecule is COc1ccc2cc(C3CN(C(=O)C(N)=O)CCO3)ccc2c1. The summed E-state index contributed by atoms with van der Waals surface area (Å²) in [5, 5.41) is 2.12. The van der Waals surface area contributed by atoms with Gasteiger partial charge in [0.2, 0.25) is 0 Å². The Kier molecular flexibility index (Phi) is 4.16. The van der Waals surface area contributed by atoms with Crippen LogP contribution in [0.2, 0.25) is 0 Å². The lowest BCUT2D eigenvalue weighted by Gasteiger charge is -2.32. The highest BCUT2D eigenvalue weighted by Gasteiger charge is 2.27. The van der Waals surface area contributed by atoms with Crippen molar-refractivity contribution in [3.63, 3.8) is 0 Å². The van der Waals surface area contributed by atoms with Gasteiger partial charge >= 0.3 is 11.8 Å². The topological polar surface area (TPSA) is 81.9 Å². The molecule has 2 N–H and O–H groups in total. The second-order valence-corrected chi connectivity index (χ2v) is 5.45. The molecule has 1 fully saturated rings. The molecule has 1 aliphatic rings. The van der Waals surface area contributed by atoms with Gasteiger partial charge in [-0.1, -0.05) is 18.2 Å². The molecule has 2 amide bonds. The molecule has 6 heteroatoms. The van der Waals surface area contributed by atoms with Crippen molar-refractivity contribution in [1.29, 1.82) is 0 Å². The van der Waals surface area contributed by atoms with Crippen LogP contribution in [0.4, 0.5) is 0 Å². The number of morpholine rings is 1. The van der Waals surface area contributed by atoms with E-state index in [4.69, 9.17) is 15.2 Å². The van der Waals surface area contributed by atoms with Gasteiger partial charge in [-0.05, 0) is 34.5 Å². The summed E-state index contributed by atoms with van der Waals surface area (Å²) in [6.45, 7) is 1.08. The number of hydrogen-bond donors (Lipinski definition) is 1. The van der Waals surface area contributed by atoms with E-state index in [1.165, 1.54) is 4.90 Å². The number of carbonyl (C=O) groups is 2. The van der Waals surface area contributed by atoms with Crippen LogP contribution in [0.15, 0.2) is 36.4 Å². The van der Waals surface area contributed by atoms with Crippen molar-refractivity contribution >= 4 is 22.6 Å². The van der Waals surface area contributed by atoms with E-state index < -0.39 is 11.8 Å². The van der Waals surface area contributed by atoms with Gasteiger partial charge in [0.1, 0.15) is 11.9 Å². The summed E-state index contributed by atoms with van der Waals surface area (Å²) in [6.07, 6.45) is -0.265. The van der Waals surface area contributed by atoms with E-state index >= 15 is 0 Å². The second-order valence-electron chi connectivity index (χ2n) is 5.45. The quantitative estimate of drug-likeness (QED) is 0.845. The van der Waals surface area contributed by atoms with Gasteiger partial charge in [-0.3, -0.25) is 9.59 Å². The first-order chi connectivity index (χ1) is 11.1. The predicted octanol–water partition coefficient (Wildman–Crippen LogP) is 1.23. The minimum atomic E-state index is -0.934. The highest BCUT2D eigenvalue weighted by atomic mass is 16.5. The molecule has 0 radical (unpaired) electrons. The number of benzene rings is 2. The minimum Gasteiger partial charge on any atom is -0.497 e. The number of nitrogens with two attached hydrogens (primary N) is 1. The lowest BCUT2D eigenvalue weighted by Crippen LogP contribution is -2.47. The van der Waals surface area contributed by atoms with Crippen LogP contribution in [-0.4, -0.2) is 43.5 Å². The Morgan fingerprint density at radius 2 is 1.96 bits per heavy atom. The van der Waals surface area contributed by atoms with Gasteiger partial charge in [0.15, 0.2) is 0 Å². The number of ether oxygens (including phenoxy) is 2. The van der Waals surface area contributed by atoms with Crippen LogP contribution in [-0.2, 0) is 14.3 Å². The van der Waals surface area contributed by atoms with Crippen molar-refractivity contribution in [2.45, 2.75) is 6.10 Å². The van der Waals surface area contributed by atoms with Crippen LogP contribution in [0.25, 0.3) is 10.8 Å². The molecule has 0 aromatic heterocycles. The lowest BCUT2D eigenvalue weighted by atomic mass is 10.0. The van der Waals surface area contributed by atoms with Gasteiger partial charge in [-0.15, -0.1) is 0 Å². The Morgan fingerprint density at radius 1 is 1.22 bits per heavy atom. The van der Waals surface area contributed by atoms with Crippen molar-refractivity contribution in [2.24, 2.45) is 5.73 Å². The number of rotatable bonds is 2. The van der Waals surface area contributed by atoms with E-state index in [0.717, 1.165) is 22.1 Å². The van der Waals surface area contributed by atoms with Gasteiger partial charge < -0.3 is 20.1 Å². The van der Waals surface area contributed by atoms with Gasteiger partial charge in [-0.25, -0.2) is 0 Å². The summed E-state index contributed by atoms with van der Waals surface area (Å²) in [5.74, 6) is -0.794. The zero-order chi connectivity index (χ0) is 16.4. The molecule has 1 unspecified atom stereocenters. The molecule has 6 nitrogen and oxygen atoms in total. The number of fused-ring (bicyclic) bond motifs is 1. The number of hydrogen-bond acceptors (Lipinski definition) is 4. The summed E-state index contributed by atoms with van der Waals surface area (Å²) < 4.78 is 11.0. The summed E-state index contributed by atoms with van der Waals surface area (Å²) in [5.41, 5.74) is 6.03. The van der Waals surface area contributed by atoms with Gasteiger partial charge in [0.25, 0.3) is 0 Å². The maximum absolute atomic E-state index is 11.7. The van der Waals surface area contributed by atoms with E-state index in [9.17, 15) is 9.59 Å². The fraction of sp³-hybridized carbons (Fsp3) is 0.294. The zero-order valence-electron chi connectivity index (χ0n) is 12.8. The molecular weight excluding hydrogens is 296 g/mol. The molecule has 0 aliphatic carbocycles. The predicted molar refractivity (Wildman–Crippen MR) is 85.0 cm³/mol. The normalized spacial score (nSPS) is 18.0. The van der Waals surface area contributed by atoms with Crippen LogP contribution in [0.5, 0.6) is 5.75 Å². The number of primary amides is 1. The number of methoxy groups -OCH3 is 1. The second kappa shape index (κ2) is 6.26. The molecular formula is C17H18N2O4. The van der Waals surface area contributed by atoms with E-state index in [2.05, 4.69) is 0 Å². The minimum absolute atomic E-state index is 0.265. The summed E-state index contributed by atoms with van der Waals surface area (Å²) in [6, 6.07) is 11.8. The average molecular weight is 314 g/mol. The molecule has 1 atom stereocenters. The van der Waals surface area contributed by atoms with E-state index in [0.29, 0.717) is 19.7 Å². The summed E-state index contributed by atoms with van der Waals surface area (Å²) in [7, 11) is 1.63. The van der Waals surface area contributed by atoms with Crippen LogP contribution in [0, 0.1) is 0 Å². The smallest absolute Gasteiger partial charge is 0.311 e. The molecule has 2 aromatic rings. The zero-order valence-corrected chi connectivity index (χ0v) is 12.8. The molecule has 120 valence electrons.